The van der Waals surface area contributed by atoms with E-state index in [0.29, 0.717) is 11.4 Å². The van der Waals surface area contributed by atoms with Gasteiger partial charge >= 0.3 is 5.97 Å². The van der Waals surface area contributed by atoms with Gasteiger partial charge in [0.15, 0.2) is 0 Å². The van der Waals surface area contributed by atoms with Crippen molar-refractivity contribution in [2.75, 3.05) is 6.61 Å². The van der Waals surface area contributed by atoms with Crippen LogP contribution < -0.4 is 0 Å². The maximum atomic E-state index is 10.8. The Morgan fingerprint density at radius 3 is 2.78 bits per heavy atom. The summed E-state index contributed by atoms with van der Waals surface area (Å²) in [5.41, 5.74) is 0. The number of hydrogen-bond donors (Lipinski definition) is 0. The van der Waals surface area contributed by atoms with Crippen LogP contribution in [0.4, 0.5) is 0 Å². The summed E-state index contributed by atoms with van der Waals surface area (Å²) in [5, 5.41) is 0. The summed E-state index contributed by atoms with van der Waals surface area (Å²) in [6, 6.07) is 0. The van der Waals surface area contributed by atoms with Crippen LogP contribution in [0.3, 0.4) is 0 Å². The van der Waals surface area contributed by atoms with E-state index >= 15 is 0 Å². The molecule has 0 N–H and O–H groups in total. The lowest BCUT2D eigenvalue weighted by Gasteiger charge is -1.96. The lowest BCUT2D eigenvalue weighted by atomic mass is 10.4. The normalized spacial score (nSPS) is 31.8. The molecular formula is C6H9BrO2. The Morgan fingerprint density at radius 1 is 1.89 bits per heavy atom. The standard InChI is InChI=1S/C6H9BrO2/c1-2-9-6(8)4-3-5(4)7/h4-5H,2-3H2,1H3. The number of halogens is 1. The maximum absolute atomic E-state index is 10.8. The zero-order chi connectivity index (χ0) is 6.85. The molecule has 2 nitrogen and oxygen atoms in total. The highest BCUT2D eigenvalue weighted by Gasteiger charge is 2.42. The van der Waals surface area contributed by atoms with Gasteiger partial charge in [-0.25, -0.2) is 0 Å². The van der Waals surface area contributed by atoms with Gasteiger partial charge in [0.05, 0.1) is 12.5 Å². The summed E-state index contributed by atoms with van der Waals surface area (Å²) in [5.74, 6) is 0.0873. The number of rotatable bonds is 2. The molecule has 0 aromatic rings. The first-order chi connectivity index (χ1) is 4.25. The predicted molar refractivity (Wildman–Crippen MR) is 37.5 cm³/mol. The highest BCUT2D eigenvalue weighted by atomic mass is 79.9. The summed E-state index contributed by atoms with van der Waals surface area (Å²) >= 11 is 3.32. The highest BCUT2D eigenvalue weighted by Crippen LogP contribution is 2.38. The van der Waals surface area contributed by atoms with E-state index in [1.807, 2.05) is 6.92 Å². The Morgan fingerprint density at radius 2 is 2.44 bits per heavy atom. The summed E-state index contributed by atoms with van der Waals surface area (Å²) in [6.45, 7) is 2.32. The van der Waals surface area contributed by atoms with Gasteiger partial charge in [0.2, 0.25) is 0 Å². The molecule has 3 heteroatoms. The summed E-state index contributed by atoms with van der Waals surface area (Å²) in [4.78, 5) is 11.1. The van der Waals surface area contributed by atoms with Crippen LogP contribution in [0, 0.1) is 5.92 Å². The number of hydrogen-bond acceptors (Lipinski definition) is 2. The molecule has 0 aromatic heterocycles. The molecule has 2 atom stereocenters. The lowest BCUT2D eigenvalue weighted by Crippen LogP contribution is -2.07. The van der Waals surface area contributed by atoms with Gasteiger partial charge in [0.1, 0.15) is 0 Å². The molecule has 0 heterocycles. The quantitative estimate of drug-likeness (QED) is 0.488. The Labute approximate surface area is 62.7 Å². The fourth-order valence-electron chi connectivity index (χ4n) is 0.657. The molecule has 0 amide bonds. The van der Waals surface area contributed by atoms with E-state index in [2.05, 4.69) is 15.9 Å². The molecule has 1 saturated carbocycles. The van der Waals surface area contributed by atoms with E-state index in [-0.39, 0.29) is 11.9 Å². The SMILES string of the molecule is CCOC(=O)C1CC1Br. The molecule has 2 unspecified atom stereocenters. The largest absolute Gasteiger partial charge is 0.466 e. The van der Waals surface area contributed by atoms with Crippen LogP contribution in [-0.2, 0) is 9.53 Å². The van der Waals surface area contributed by atoms with Gasteiger partial charge in [-0.1, -0.05) is 15.9 Å². The average Bonchev–Trinajstić information content (AvgIpc) is 2.47. The van der Waals surface area contributed by atoms with Gasteiger partial charge in [0.25, 0.3) is 0 Å². The van der Waals surface area contributed by atoms with E-state index in [1.165, 1.54) is 0 Å². The van der Waals surface area contributed by atoms with Crippen LogP contribution in [0.1, 0.15) is 13.3 Å². The number of ether oxygens (including phenoxy) is 1. The first kappa shape index (κ1) is 7.06. The van der Waals surface area contributed by atoms with Crippen molar-refractivity contribution in [1.29, 1.82) is 0 Å². The number of esters is 1. The number of alkyl halides is 1. The summed E-state index contributed by atoms with van der Waals surface area (Å²) < 4.78 is 4.77. The van der Waals surface area contributed by atoms with Gasteiger partial charge in [-0.15, -0.1) is 0 Å². The molecule has 0 saturated heterocycles. The zero-order valence-corrected chi connectivity index (χ0v) is 6.85. The van der Waals surface area contributed by atoms with Crippen molar-refractivity contribution in [1.82, 2.24) is 0 Å². The summed E-state index contributed by atoms with van der Waals surface area (Å²) in [6.07, 6.45) is 0.943. The van der Waals surface area contributed by atoms with Crippen LogP contribution in [-0.4, -0.2) is 17.4 Å². The van der Waals surface area contributed by atoms with Crippen molar-refractivity contribution in [2.45, 2.75) is 18.2 Å². The predicted octanol–water partition coefficient (Wildman–Crippen LogP) is 1.33. The third kappa shape index (κ3) is 1.68. The van der Waals surface area contributed by atoms with Gasteiger partial charge in [0, 0.05) is 4.83 Å². The first-order valence-corrected chi connectivity index (χ1v) is 3.98. The third-order valence-electron chi connectivity index (χ3n) is 1.30. The highest BCUT2D eigenvalue weighted by molar-refractivity contribution is 9.09. The first-order valence-electron chi connectivity index (χ1n) is 3.06. The Hall–Kier alpha value is -0.0500. The molecule has 1 aliphatic rings. The second kappa shape index (κ2) is 2.69. The lowest BCUT2D eigenvalue weighted by molar-refractivity contribution is -0.144. The molecule has 1 aliphatic carbocycles. The molecule has 0 radical (unpaired) electrons. The fraction of sp³-hybridized carbons (Fsp3) is 0.833. The second-order valence-corrected chi connectivity index (χ2v) is 3.29. The Bertz CT molecular complexity index is 124. The van der Waals surface area contributed by atoms with Crippen molar-refractivity contribution in [2.24, 2.45) is 5.92 Å². The van der Waals surface area contributed by atoms with Gasteiger partial charge in [-0.05, 0) is 13.3 Å². The van der Waals surface area contributed by atoms with Crippen LogP contribution in [0.5, 0.6) is 0 Å². The molecule has 1 fully saturated rings. The van der Waals surface area contributed by atoms with Crippen molar-refractivity contribution >= 4 is 21.9 Å². The molecular weight excluding hydrogens is 184 g/mol. The van der Waals surface area contributed by atoms with Crippen molar-refractivity contribution in [3.05, 3.63) is 0 Å². The Balaban J connectivity index is 2.20. The smallest absolute Gasteiger partial charge is 0.310 e. The third-order valence-corrected chi connectivity index (χ3v) is 2.31. The zero-order valence-electron chi connectivity index (χ0n) is 5.26. The Kier molecular flexibility index (Phi) is 2.11. The minimum absolute atomic E-state index is 0.0561. The van der Waals surface area contributed by atoms with Crippen molar-refractivity contribution in [3.63, 3.8) is 0 Å². The van der Waals surface area contributed by atoms with Crippen LogP contribution in [0.2, 0.25) is 0 Å². The van der Waals surface area contributed by atoms with Crippen LogP contribution in [0.25, 0.3) is 0 Å². The molecule has 0 aromatic carbocycles. The van der Waals surface area contributed by atoms with Gasteiger partial charge in [-0.3, -0.25) is 4.79 Å². The average molecular weight is 193 g/mol. The van der Waals surface area contributed by atoms with Crippen molar-refractivity contribution in [3.8, 4) is 0 Å². The van der Waals surface area contributed by atoms with Crippen LogP contribution in [0.15, 0.2) is 0 Å². The molecule has 1 rings (SSSR count). The number of carbonyl (C=O) groups is 1. The fourth-order valence-corrected chi connectivity index (χ4v) is 1.28. The van der Waals surface area contributed by atoms with E-state index < -0.39 is 0 Å². The van der Waals surface area contributed by atoms with Gasteiger partial charge in [-0.2, -0.15) is 0 Å². The topological polar surface area (TPSA) is 26.3 Å². The molecule has 0 bridgehead atoms. The van der Waals surface area contributed by atoms with E-state index in [4.69, 9.17) is 4.74 Å². The van der Waals surface area contributed by atoms with E-state index in [0.717, 1.165) is 6.42 Å². The maximum Gasteiger partial charge on any atom is 0.310 e. The molecule has 0 aliphatic heterocycles. The molecule has 52 valence electrons. The second-order valence-electron chi connectivity index (χ2n) is 2.11. The minimum atomic E-state index is -0.0561. The van der Waals surface area contributed by atoms with Crippen molar-refractivity contribution < 1.29 is 9.53 Å². The van der Waals surface area contributed by atoms with Gasteiger partial charge < -0.3 is 4.74 Å². The number of carbonyl (C=O) groups excluding carboxylic acids is 1. The molecule has 0 spiro atoms. The van der Waals surface area contributed by atoms with Crippen LogP contribution >= 0.6 is 15.9 Å². The monoisotopic (exact) mass is 192 g/mol. The molecule has 9 heavy (non-hydrogen) atoms. The van der Waals surface area contributed by atoms with E-state index in [9.17, 15) is 4.79 Å². The van der Waals surface area contributed by atoms with E-state index in [1.54, 1.807) is 0 Å². The minimum Gasteiger partial charge on any atom is -0.466 e. The summed E-state index contributed by atoms with van der Waals surface area (Å²) in [7, 11) is 0.